The number of carbonyl (C=O) groups is 1. The highest BCUT2D eigenvalue weighted by Crippen LogP contribution is 2.21. The topological polar surface area (TPSA) is 23.6 Å². The van der Waals surface area contributed by atoms with E-state index in [9.17, 15) is 4.79 Å². The Morgan fingerprint density at radius 2 is 1.74 bits per heavy atom. The van der Waals surface area contributed by atoms with E-state index in [4.69, 9.17) is 11.6 Å². The van der Waals surface area contributed by atoms with Gasteiger partial charge in [0.25, 0.3) is 0 Å². The average molecular weight is 337 g/mol. The molecule has 23 heavy (non-hydrogen) atoms. The predicted molar refractivity (Wildman–Crippen MR) is 98.2 cm³/mol. The second-order valence-electron chi connectivity index (χ2n) is 6.37. The Labute approximate surface area is 145 Å². The number of benzene rings is 1. The summed E-state index contributed by atoms with van der Waals surface area (Å²) in [6, 6.07) is 7.95. The van der Waals surface area contributed by atoms with Gasteiger partial charge in [-0.1, -0.05) is 56.7 Å². The van der Waals surface area contributed by atoms with E-state index in [-0.39, 0.29) is 0 Å². The van der Waals surface area contributed by atoms with Gasteiger partial charge in [0.05, 0.1) is 0 Å². The fourth-order valence-corrected chi connectivity index (χ4v) is 3.29. The molecule has 0 saturated carbocycles. The van der Waals surface area contributed by atoms with Gasteiger partial charge >= 0.3 is 0 Å². The number of nitrogens with zero attached hydrogens (tertiary/aromatic N) is 2. The zero-order valence-corrected chi connectivity index (χ0v) is 15.0. The van der Waals surface area contributed by atoms with Crippen LogP contribution in [0.1, 0.15) is 51.9 Å². The molecule has 1 amide bonds. The van der Waals surface area contributed by atoms with Gasteiger partial charge in [-0.05, 0) is 24.6 Å². The third-order valence-electron chi connectivity index (χ3n) is 4.55. The zero-order chi connectivity index (χ0) is 16.5. The normalized spacial score (nSPS) is 15.0. The van der Waals surface area contributed by atoms with Gasteiger partial charge in [0.1, 0.15) is 0 Å². The summed E-state index contributed by atoms with van der Waals surface area (Å²) in [6.45, 7) is 5.65. The number of piperazine rings is 1. The first-order chi connectivity index (χ1) is 11.2. The molecule has 128 valence electrons. The maximum atomic E-state index is 12.3. The third-order valence-corrected chi connectivity index (χ3v) is 4.79. The molecular formula is C19H29ClN2O. The second kappa shape index (κ2) is 9.82. The number of carbonyl (C=O) groups excluding carboxylic acids is 1. The van der Waals surface area contributed by atoms with Gasteiger partial charge in [0, 0.05) is 43.3 Å². The largest absolute Gasteiger partial charge is 0.368 e. The molecule has 1 aromatic rings. The van der Waals surface area contributed by atoms with Crippen LogP contribution in [-0.4, -0.2) is 37.0 Å². The summed E-state index contributed by atoms with van der Waals surface area (Å²) in [4.78, 5) is 16.6. The Hall–Kier alpha value is -1.22. The van der Waals surface area contributed by atoms with Crippen LogP contribution in [0.3, 0.4) is 0 Å². The fourth-order valence-electron chi connectivity index (χ4n) is 3.10. The lowest BCUT2D eigenvalue weighted by Gasteiger charge is -2.36. The van der Waals surface area contributed by atoms with Crippen molar-refractivity contribution in [2.45, 2.75) is 51.9 Å². The summed E-state index contributed by atoms with van der Waals surface area (Å²) in [6.07, 6.45) is 8.11. The molecule has 0 spiro atoms. The van der Waals surface area contributed by atoms with Crippen molar-refractivity contribution in [1.82, 2.24) is 4.90 Å². The van der Waals surface area contributed by atoms with Crippen molar-refractivity contribution in [2.24, 2.45) is 0 Å². The monoisotopic (exact) mass is 336 g/mol. The molecule has 3 nitrogen and oxygen atoms in total. The zero-order valence-electron chi connectivity index (χ0n) is 14.3. The lowest BCUT2D eigenvalue weighted by Crippen LogP contribution is -2.48. The number of hydrogen-bond acceptors (Lipinski definition) is 2. The molecule has 2 rings (SSSR count). The minimum Gasteiger partial charge on any atom is -0.368 e. The van der Waals surface area contributed by atoms with Crippen LogP contribution in [0.25, 0.3) is 0 Å². The fraction of sp³-hybridized carbons (Fsp3) is 0.632. The SMILES string of the molecule is CCCCCCCCC(=O)N1CCN(c2cccc(Cl)c2)CC1. The number of anilines is 1. The molecule has 1 fully saturated rings. The summed E-state index contributed by atoms with van der Waals surface area (Å²) < 4.78 is 0. The quantitative estimate of drug-likeness (QED) is 0.640. The van der Waals surface area contributed by atoms with Gasteiger partial charge in [-0.2, -0.15) is 0 Å². The van der Waals surface area contributed by atoms with Gasteiger partial charge in [-0.25, -0.2) is 0 Å². The molecule has 0 N–H and O–H groups in total. The summed E-state index contributed by atoms with van der Waals surface area (Å²) in [5.41, 5.74) is 1.15. The predicted octanol–water partition coefficient (Wildman–Crippen LogP) is 4.74. The van der Waals surface area contributed by atoms with Crippen LogP contribution in [0.15, 0.2) is 24.3 Å². The average Bonchev–Trinajstić information content (AvgIpc) is 2.58. The van der Waals surface area contributed by atoms with Crippen molar-refractivity contribution in [2.75, 3.05) is 31.1 Å². The first kappa shape index (κ1) is 18.1. The van der Waals surface area contributed by atoms with E-state index in [0.29, 0.717) is 12.3 Å². The Kier molecular flexibility index (Phi) is 7.73. The van der Waals surface area contributed by atoms with Crippen LogP contribution >= 0.6 is 11.6 Å². The van der Waals surface area contributed by atoms with E-state index in [1.807, 2.05) is 23.1 Å². The van der Waals surface area contributed by atoms with Crippen LogP contribution in [-0.2, 0) is 4.79 Å². The lowest BCUT2D eigenvalue weighted by atomic mass is 10.1. The molecule has 0 unspecified atom stereocenters. The number of halogens is 1. The van der Waals surface area contributed by atoms with Gasteiger partial charge < -0.3 is 9.80 Å². The number of amides is 1. The van der Waals surface area contributed by atoms with E-state index in [0.717, 1.165) is 43.3 Å². The maximum Gasteiger partial charge on any atom is 0.222 e. The molecule has 0 atom stereocenters. The van der Waals surface area contributed by atoms with Crippen LogP contribution in [0.5, 0.6) is 0 Å². The first-order valence-corrected chi connectivity index (χ1v) is 9.37. The molecule has 0 aromatic heterocycles. The lowest BCUT2D eigenvalue weighted by molar-refractivity contribution is -0.131. The highest BCUT2D eigenvalue weighted by atomic mass is 35.5. The standard InChI is InChI=1S/C19H29ClN2O/c1-2-3-4-5-6-7-11-19(23)22-14-12-21(13-15-22)18-10-8-9-17(20)16-18/h8-10,16H,2-7,11-15H2,1H3. The smallest absolute Gasteiger partial charge is 0.222 e. The summed E-state index contributed by atoms with van der Waals surface area (Å²) in [5.74, 6) is 0.325. The highest BCUT2D eigenvalue weighted by Gasteiger charge is 2.20. The number of unbranched alkanes of at least 4 members (excludes halogenated alkanes) is 5. The molecule has 1 heterocycles. The van der Waals surface area contributed by atoms with E-state index < -0.39 is 0 Å². The molecule has 4 heteroatoms. The molecule has 1 aliphatic heterocycles. The Bertz CT molecular complexity index is 484. The van der Waals surface area contributed by atoms with Gasteiger partial charge in [0.15, 0.2) is 0 Å². The molecule has 1 aromatic carbocycles. The van der Waals surface area contributed by atoms with Crippen LogP contribution in [0, 0.1) is 0 Å². The van der Waals surface area contributed by atoms with Gasteiger partial charge in [0.2, 0.25) is 5.91 Å². The van der Waals surface area contributed by atoms with E-state index >= 15 is 0 Å². The van der Waals surface area contributed by atoms with E-state index in [1.54, 1.807) is 0 Å². The van der Waals surface area contributed by atoms with Crippen molar-refractivity contribution < 1.29 is 4.79 Å². The van der Waals surface area contributed by atoms with Crippen molar-refractivity contribution in [3.63, 3.8) is 0 Å². The minimum atomic E-state index is 0.325. The second-order valence-corrected chi connectivity index (χ2v) is 6.80. The Morgan fingerprint density at radius 1 is 1.04 bits per heavy atom. The summed E-state index contributed by atoms with van der Waals surface area (Å²) in [5, 5.41) is 0.768. The summed E-state index contributed by atoms with van der Waals surface area (Å²) in [7, 11) is 0. The summed E-state index contributed by atoms with van der Waals surface area (Å²) >= 11 is 6.05. The molecule has 1 aliphatic rings. The molecule has 1 saturated heterocycles. The highest BCUT2D eigenvalue weighted by molar-refractivity contribution is 6.30. The van der Waals surface area contributed by atoms with Crippen LogP contribution in [0.4, 0.5) is 5.69 Å². The Balaban J connectivity index is 1.66. The Morgan fingerprint density at radius 3 is 2.43 bits per heavy atom. The third kappa shape index (κ3) is 6.06. The van der Waals surface area contributed by atoms with E-state index in [1.165, 1.54) is 32.1 Å². The van der Waals surface area contributed by atoms with Crippen LogP contribution in [0.2, 0.25) is 5.02 Å². The first-order valence-electron chi connectivity index (χ1n) is 8.99. The minimum absolute atomic E-state index is 0.325. The molecule has 0 radical (unpaired) electrons. The van der Waals surface area contributed by atoms with Crippen molar-refractivity contribution >= 4 is 23.2 Å². The van der Waals surface area contributed by atoms with Crippen LogP contribution < -0.4 is 4.90 Å². The number of rotatable bonds is 8. The molecular weight excluding hydrogens is 308 g/mol. The maximum absolute atomic E-state index is 12.3. The molecule has 0 bridgehead atoms. The van der Waals surface area contributed by atoms with Crippen molar-refractivity contribution in [3.8, 4) is 0 Å². The van der Waals surface area contributed by atoms with Crippen molar-refractivity contribution in [3.05, 3.63) is 29.3 Å². The van der Waals surface area contributed by atoms with Gasteiger partial charge in [-0.15, -0.1) is 0 Å². The molecule has 0 aliphatic carbocycles. The van der Waals surface area contributed by atoms with Crippen molar-refractivity contribution in [1.29, 1.82) is 0 Å². The van der Waals surface area contributed by atoms with E-state index in [2.05, 4.69) is 17.9 Å². The number of hydrogen-bond donors (Lipinski definition) is 0. The van der Waals surface area contributed by atoms with Gasteiger partial charge in [-0.3, -0.25) is 4.79 Å².